The fraction of sp³-hybridized carbons (Fsp3) is 0.550. The van der Waals surface area contributed by atoms with Gasteiger partial charge in [0.05, 0.1) is 5.60 Å². The molecule has 2 aliphatic rings. The summed E-state index contributed by atoms with van der Waals surface area (Å²) in [6.45, 7) is 3.92. The number of aromatic nitrogens is 1. The minimum atomic E-state index is -0.832. The minimum Gasteiger partial charge on any atom is -0.385 e. The molecule has 134 valence electrons. The number of aliphatic hydroxyl groups is 1. The molecule has 0 unspecified atom stereocenters. The molecule has 5 nitrogen and oxygen atoms in total. The normalized spacial score (nSPS) is 25.0. The van der Waals surface area contributed by atoms with Crippen LogP contribution in [0.3, 0.4) is 0 Å². The summed E-state index contributed by atoms with van der Waals surface area (Å²) >= 11 is 0. The van der Waals surface area contributed by atoms with Crippen LogP contribution in [0.4, 0.5) is 0 Å². The van der Waals surface area contributed by atoms with Gasteiger partial charge in [-0.1, -0.05) is 19.1 Å². The Morgan fingerprint density at radius 1 is 1.40 bits per heavy atom. The first-order valence-corrected chi connectivity index (χ1v) is 9.26. The van der Waals surface area contributed by atoms with Gasteiger partial charge in [0.1, 0.15) is 0 Å². The van der Waals surface area contributed by atoms with Crippen LogP contribution in [0.25, 0.3) is 10.9 Å². The lowest BCUT2D eigenvalue weighted by Gasteiger charge is -2.33. The van der Waals surface area contributed by atoms with Crippen LogP contribution in [0, 0.1) is 11.8 Å². The lowest BCUT2D eigenvalue weighted by Crippen LogP contribution is -2.33. The Morgan fingerprint density at radius 3 is 2.88 bits per heavy atom. The number of benzene rings is 1. The first-order valence-electron chi connectivity index (χ1n) is 9.26. The van der Waals surface area contributed by atoms with E-state index in [0.29, 0.717) is 38.5 Å². The van der Waals surface area contributed by atoms with Crippen LogP contribution >= 0.6 is 0 Å². The van der Waals surface area contributed by atoms with E-state index in [-0.39, 0.29) is 11.8 Å². The van der Waals surface area contributed by atoms with Crippen LogP contribution < -0.4 is 5.32 Å². The van der Waals surface area contributed by atoms with Crippen molar-refractivity contribution in [2.24, 2.45) is 11.8 Å². The Labute approximate surface area is 147 Å². The topological polar surface area (TPSA) is 74.4 Å². The number of fused-ring (bicyclic) bond motifs is 1. The summed E-state index contributed by atoms with van der Waals surface area (Å²) in [5.41, 5.74) is 2.33. The van der Waals surface area contributed by atoms with Crippen LogP contribution in [0.15, 0.2) is 24.4 Å². The zero-order chi connectivity index (χ0) is 17.4. The van der Waals surface area contributed by atoms with Crippen molar-refractivity contribution >= 4 is 16.8 Å². The second-order valence-corrected chi connectivity index (χ2v) is 7.55. The van der Waals surface area contributed by atoms with E-state index in [1.54, 1.807) is 0 Å². The van der Waals surface area contributed by atoms with Crippen molar-refractivity contribution in [2.45, 2.75) is 38.2 Å². The smallest absolute Gasteiger partial charge is 0.223 e. The first kappa shape index (κ1) is 16.6. The second kappa shape index (κ2) is 6.46. The molecule has 1 amide bonds. The first-order chi connectivity index (χ1) is 12.1. The summed E-state index contributed by atoms with van der Waals surface area (Å²) in [6, 6.07) is 6.05. The SMILES string of the molecule is C[C@@H]1C[C@@H]1C(=O)NCCc1c[nH]c2cccc(C3(O)CCOCC3)c12. The second-order valence-electron chi connectivity index (χ2n) is 7.55. The van der Waals surface area contributed by atoms with Gasteiger partial charge in [0, 0.05) is 55.6 Å². The van der Waals surface area contributed by atoms with Crippen LogP contribution in [-0.4, -0.2) is 35.8 Å². The van der Waals surface area contributed by atoms with Crippen LogP contribution in [-0.2, 0) is 21.6 Å². The van der Waals surface area contributed by atoms with E-state index in [4.69, 9.17) is 4.74 Å². The predicted molar refractivity (Wildman–Crippen MR) is 96.2 cm³/mol. The lowest BCUT2D eigenvalue weighted by atomic mass is 9.83. The molecule has 1 saturated carbocycles. The van der Waals surface area contributed by atoms with Gasteiger partial charge in [0.25, 0.3) is 0 Å². The molecule has 1 saturated heterocycles. The third kappa shape index (κ3) is 3.18. The highest BCUT2D eigenvalue weighted by Crippen LogP contribution is 2.38. The fourth-order valence-electron chi connectivity index (χ4n) is 3.96. The van der Waals surface area contributed by atoms with Crippen molar-refractivity contribution in [3.8, 4) is 0 Å². The van der Waals surface area contributed by atoms with Crippen LogP contribution in [0.2, 0.25) is 0 Å². The molecule has 2 aromatic rings. The van der Waals surface area contributed by atoms with Crippen molar-refractivity contribution in [3.63, 3.8) is 0 Å². The average Bonchev–Trinajstić information content (AvgIpc) is 3.21. The van der Waals surface area contributed by atoms with Crippen LogP contribution in [0.1, 0.15) is 37.3 Å². The van der Waals surface area contributed by atoms with E-state index in [9.17, 15) is 9.90 Å². The molecule has 1 aromatic heterocycles. The Bertz CT molecular complexity index is 776. The highest BCUT2D eigenvalue weighted by atomic mass is 16.5. The molecule has 1 aliphatic carbocycles. The van der Waals surface area contributed by atoms with Gasteiger partial charge in [0.2, 0.25) is 5.91 Å². The number of aromatic amines is 1. The third-order valence-corrected chi connectivity index (χ3v) is 5.75. The summed E-state index contributed by atoms with van der Waals surface area (Å²) in [4.78, 5) is 15.3. The lowest BCUT2D eigenvalue weighted by molar-refractivity contribution is -0.122. The summed E-state index contributed by atoms with van der Waals surface area (Å²) in [6.07, 6.45) is 5.01. The molecule has 3 N–H and O–H groups in total. The molecule has 2 heterocycles. The molecular formula is C20H26N2O3. The van der Waals surface area contributed by atoms with Gasteiger partial charge in [-0.05, 0) is 36.0 Å². The zero-order valence-electron chi connectivity index (χ0n) is 14.7. The molecule has 0 radical (unpaired) electrons. The Hall–Kier alpha value is -1.85. The molecule has 0 spiro atoms. The monoisotopic (exact) mass is 342 g/mol. The number of hydrogen-bond donors (Lipinski definition) is 3. The van der Waals surface area contributed by atoms with E-state index >= 15 is 0 Å². The molecule has 1 aromatic carbocycles. The standard InChI is InChI=1S/C20H26N2O3/c1-13-11-15(13)19(23)21-8-5-14-12-22-17-4-2-3-16(18(14)17)20(24)6-9-25-10-7-20/h2-4,12-13,15,22,24H,5-11H2,1H3,(H,21,23)/t13-,15+/m1/s1. The summed E-state index contributed by atoms with van der Waals surface area (Å²) in [5.74, 6) is 0.916. The van der Waals surface area contributed by atoms with Crippen molar-refractivity contribution in [1.82, 2.24) is 10.3 Å². The van der Waals surface area contributed by atoms with Gasteiger partial charge < -0.3 is 20.1 Å². The highest BCUT2D eigenvalue weighted by Gasteiger charge is 2.38. The molecule has 25 heavy (non-hydrogen) atoms. The van der Waals surface area contributed by atoms with Crippen LogP contribution in [0.5, 0.6) is 0 Å². The molecule has 5 heteroatoms. The van der Waals surface area contributed by atoms with Crippen molar-refractivity contribution in [1.29, 1.82) is 0 Å². The van der Waals surface area contributed by atoms with E-state index < -0.39 is 5.60 Å². The fourth-order valence-corrected chi connectivity index (χ4v) is 3.96. The third-order valence-electron chi connectivity index (χ3n) is 5.75. The molecule has 2 fully saturated rings. The molecule has 1 aliphatic heterocycles. The van der Waals surface area contributed by atoms with Crippen molar-refractivity contribution in [3.05, 3.63) is 35.5 Å². The van der Waals surface area contributed by atoms with Gasteiger partial charge in [0.15, 0.2) is 0 Å². The van der Waals surface area contributed by atoms with Gasteiger partial charge >= 0.3 is 0 Å². The van der Waals surface area contributed by atoms with Crippen molar-refractivity contribution < 1.29 is 14.6 Å². The maximum absolute atomic E-state index is 12.0. The Balaban J connectivity index is 1.54. The van der Waals surface area contributed by atoms with Gasteiger partial charge in [-0.15, -0.1) is 0 Å². The number of carbonyl (C=O) groups is 1. The average molecular weight is 342 g/mol. The number of H-pyrrole nitrogens is 1. The maximum atomic E-state index is 12.0. The van der Waals surface area contributed by atoms with E-state index in [1.165, 1.54) is 0 Å². The largest absolute Gasteiger partial charge is 0.385 e. The zero-order valence-corrected chi connectivity index (χ0v) is 14.7. The Morgan fingerprint density at radius 2 is 2.16 bits per heavy atom. The predicted octanol–water partition coefficient (Wildman–Crippen LogP) is 2.48. The van der Waals surface area contributed by atoms with Crippen molar-refractivity contribution in [2.75, 3.05) is 19.8 Å². The number of carbonyl (C=O) groups excluding carboxylic acids is 1. The maximum Gasteiger partial charge on any atom is 0.223 e. The van der Waals surface area contributed by atoms with Gasteiger partial charge in [-0.2, -0.15) is 0 Å². The number of amides is 1. The van der Waals surface area contributed by atoms with E-state index in [0.717, 1.165) is 34.9 Å². The molecule has 4 rings (SSSR count). The Kier molecular flexibility index (Phi) is 4.29. The highest BCUT2D eigenvalue weighted by molar-refractivity contribution is 5.87. The quantitative estimate of drug-likeness (QED) is 0.781. The van der Waals surface area contributed by atoms with E-state index in [2.05, 4.69) is 17.2 Å². The van der Waals surface area contributed by atoms with Gasteiger partial charge in [-0.25, -0.2) is 0 Å². The summed E-state index contributed by atoms with van der Waals surface area (Å²) in [7, 11) is 0. The summed E-state index contributed by atoms with van der Waals surface area (Å²) < 4.78 is 5.42. The number of nitrogens with one attached hydrogen (secondary N) is 2. The molecular weight excluding hydrogens is 316 g/mol. The number of rotatable bonds is 5. The molecule has 2 atom stereocenters. The molecule has 0 bridgehead atoms. The van der Waals surface area contributed by atoms with Gasteiger partial charge in [-0.3, -0.25) is 4.79 Å². The van der Waals surface area contributed by atoms with E-state index in [1.807, 2.05) is 24.4 Å². The number of hydrogen-bond acceptors (Lipinski definition) is 3. The summed E-state index contributed by atoms with van der Waals surface area (Å²) in [5, 5.41) is 15.3. The number of ether oxygens (including phenoxy) is 1. The minimum absolute atomic E-state index is 0.177.